The maximum atomic E-state index is 14.4. The molecule has 18 atom stereocenters. The summed E-state index contributed by atoms with van der Waals surface area (Å²) in [7, 11) is 3.43. The SMILES string of the molecule is CC[C@H]1OC(=O)[C@H](C)[C@@H](O[C@H]2C[C@@](C)(OC)[C@@H](O)[C@H](C)O2)[C@H](C)[C@@H](O[C@@H]2O[C@H](C)C[C@H](N(C)CCc3cn(CCCCc4ccc([N+](=O)[O-])cc4)nn3)[C@H]2O)[C@@]2(C)C[C@@H](CO2)C(=O)[C@H](C)[C@@H](O)[C@]1(C)O. The Morgan fingerprint density at radius 3 is 2.31 bits per heavy atom. The van der Waals surface area contributed by atoms with E-state index in [-0.39, 0.29) is 43.4 Å². The van der Waals surface area contributed by atoms with Gasteiger partial charge >= 0.3 is 5.97 Å². The first-order chi connectivity index (χ1) is 32.9. The van der Waals surface area contributed by atoms with Crippen molar-refractivity contribution in [1.29, 1.82) is 0 Å². The van der Waals surface area contributed by atoms with Gasteiger partial charge in [0.25, 0.3) is 5.69 Å². The molecule has 4 N–H and O–H groups in total. The van der Waals surface area contributed by atoms with E-state index in [4.69, 9.17) is 33.2 Å². The molecule has 4 aliphatic rings. The molecular formula is C50H79N5O15. The number of non-ortho nitro benzene ring substituents is 1. The number of carbonyl (C=O) groups is 2. The number of unbranched alkanes of at least 4 members (excludes halogenated alkanes) is 1. The molecule has 4 aliphatic heterocycles. The highest BCUT2D eigenvalue weighted by Crippen LogP contribution is 2.44. The van der Waals surface area contributed by atoms with Gasteiger partial charge in [0.15, 0.2) is 12.6 Å². The van der Waals surface area contributed by atoms with Gasteiger partial charge in [0, 0.05) is 75.2 Å². The first kappa shape index (κ1) is 55.8. The number of ether oxygens (including phenoxy) is 7. The summed E-state index contributed by atoms with van der Waals surface area (Å²) in [6.45, 7) is 16.5. The van der Waals surface area contributed by atoms with Gasteiger partial charge in [-0.1, -0.05) is 38.1 Å². The quantitative estimate of drug-likeness (QED) is 0.0804. The van der Waals surface area contributed by atoms with E-state index in [1.807, 2.05) is 38.7 Å². The van der Waals surface area contributed by atoms with Crippen molar-refractivity contribution in [2.75, 3.05) is 27.3 Å². The Morgan fingerprint density at radius 2 is 1.66 bits per heavy atom. The van der Waals surface area contributed by atoms with Crippen molar-refractivity contribution in [3.8, 4) is 0 Å². The summed E-state index contributed by atoms with van der Waals surface area (Å²) >= 11 is 0. The highest BCUT2D eigenvalue weighted by molar-refractivity contribution is 5.84. The average Bonchev–Trinajstić information content (AvgIpc) is 3.97. The lowest BCUT2D eigenvalue weighted by molar-refractivity contribution is -0.384. The van der Waals surface area contributed by atoms with Gasteiger partial charge in [-0.3, -0.25) is 24.4 Å². The number of methoxy groups -OCH3 is 1. The number of rotatable bonds is 16. The second kappa shape index (κ2) is 23.1. The van der Waals surface area contributed by atoms with Crippen LogP contribution in [0.2, 0.25) is 0 Å². The van der Waals surface area contributed by atoms with Crippen molar-refractivity contribution < 1.29 is 68.1 Å². The molecule has 6 rings (SSSR count). The van der Waals surface area contributed by atoms with E-state index in [2.05, 4.69) is 15.2 Å². The number of benzene rings is 1. The van der Waals surface area contributed by atoms with Gasteiger partial charge in [-0.2, -0.15) is 0 Å². The van der Waals surface area contributed by atoms with Crippen molar-refractivity contribution in [3.05, 3.63) is 51.8 Å². The third-order valence-corrected chi connectivity index (χ3v) is 15.7. The van der Waals surface area contributed by atoms with Crippen LogP contribution in [0.4, 0.5) is 5.69 Å². The molecule has 1 aromatic carbocycles. The molecular weight excluding hydrogens is 911 g/mol. The zero-order chi connectivity index (χ0) is 51.5. The van der Waals surface area contributed by atoms with Crippen molar-refractivity contribution in [2.45, 2.75) is 204 Å². The fourth-order valence-electron chi connectivity index (χ4n) is 11.1. The molecule has 4 fully saturated rings. The Hall–Kier alpha value is -3.54. The molecule has 394 valence electrons. The van der Waals surface area contributed by atoms with Gasteiger partial charge in [-0.15, -0.1) is 5.10 Å². The summed E-state index contributed by atoms with van der Waals surface area (Å²) in [5.74, 6) is -4.60. The van der Waals surface area contributed by atoms with E-state index in [0.29, 0.717) is 25.9 Å². The van der Waals surface area contributed by atoms with E-state index in [9.17, 15) is 40.1 Å². The molecule has 70 heavy (non-hydrogen) atoms. The lowest BCUT2D eigenvalue weighted by Crippen LogP contribution is -2.61. The van der Waals surface area contributed by atoms with Crippen LogP contribution in [0, 0.1) is 33.8 Å². The van der Waals surface area contributed by atoms with Crippen LogP contribution in [-0.4, -0.2) is 169 Å². The molecule has 0 amide bonds. The van der Waals surface area contributed by atoms with Crippen molar-refractivity contribution in [2.24, 2.45) is 23.7 Å². The van der Waals surface area contributed by atoms with Crippen LogP contribution >= 0.6 is 0 Å². The first-order valence-corrected chi connectivity index (χ1v) is 25.1. The number of hydrogen-bond acceptors (Lipinski definition) is 18. The maximum Gasteiger partial charge on any atom is 0.311 e. The number of nitrogens with zero attached hydrogens (tertiary/aromatic N) is 5. The molecule has 2 bridgehead atoms. The Labute approximate surface area is 411 Å². The van der Waals surface area contributed by atoms with Gasteiger partial charge in [0.05, 0.1) is 64.9 Å². The molecule has 2 aromatic rings. The minimum Gasteiger partial charge on any atom is -0.459 e. The number of likely N-dealkylation sites (N-methyl/N-ethyl adjacent to an activating group) is 1. The topological polar surface area (TPSA) is 257 Å². The number of ketones is 1. The van der Waals surface area contributed by atoms with Crippen LogP contribution in [0.5, 0.6) is 0 Å². The number of Topliss-reactive ketones (excluding diaryl/α,β-unsaturated/α-hetero) is 1. The lowest BCUT2D eigenvalue weighted by atomic mass is 9.75. The number of cyclic esters (lactones) is 1. The van der Waals surface area contributed by atoms with Gasteiger partial charge < -0.3 is 58.5 Å². The summed E-state index contributed by atoms with van der Waals surface area (Å²) in [5, 5.41) is 66.3. The Balaban J connectivity index is 1.21. The van der Waals surface area contributed by atoms with Gasteiger partial charge in [-0.05, 0) is 92.7 Å². The Bertz CT molecular complexity index is 2060. The summed E-state index contributed by atoms with van der Waals surface area (Å²) in [5.41, 5.74) is -2.39. The molecule has 20 heteroatoms. The number of esters is 1. The number of carbonyl (C=O) groups excluding carboxylic acids is 2. The summed E-state index contributed by atoms with van der Waals surface area (Å²) in [6, 6.07) is 6.19. The van der Waals surface area contributed by atoms with E-state index in [1.165, 1.54) is 26.2 Å². The fourth-order valence-corrected chi connectivity index (χ4v) is 11.1. The van der Waals surface area contributed by atoms with E-state index < -0.39 is 113 Å². The highest BCUT2D eigenvalue weighted by Gasteiger charge is 2.56. The largest absolute Gasteiger partial charge is 0.459 e. The van der Waals surface area contributed by atoms with E-state index in [1.54, 1.807) is 46.8 Å². The van der Waals surface area contributed by atoms with E-state index >= 15 is 0 Å². The van der Waals surface area contributed by atoms with Crippen molar-refractivity contribution >= 4 is 17.4 Å². The number of aliphatic hydroxyl groups excluding tert-OH is 3. The summed E-state index contributed by atoms with van der Waals surface area (Å²) in [6.07, 6.45) is -4.32. The standard InChI is InChI=1S/C50H79N5O15/c1-12-38-50(9,61)43(58)29(3)40(56)34-24-49(8,65-27-34)45(30(4)42(31(5)46(60)68-38)69-39-25-48(7,64-11)44(59)32(6)67-39)70-47-41(57)37(23-28(2)66-47)53(10)22-20-35-26-54(52-51-35)21-14-13-15-33-16-18-36(19-17-33)55(62)63/h16-19,26,28-32,34,37-39,41-45,47,57-59,61H,12-15,20-25,27H2,1-11H3/t28-,29+,30+,31-,32+,34+,37+,38-,39+,41-,42+,43-,44+,45-,47+,48-,49-,50-/m1/s1. The Morgan fingerprint density at radius 1 is 0.957 bits per heavy atom. The number of aryl methyl sites for hydroxylation is 2. The summed E-state index contributed by atoms with van der Waals surface area (Å²) in [4.78, 5) is 41.3. The minimum absolute atomic E-state index is 0.00912. The van der Waals surface area contributed by atoms with Gasteiger partial charge in [-0.25, -0.2) is 0 Å². The molecule has 0 unspecified atom stereocenters. The second-order valence-corrected chi connectivity index (χ2v) is 21.2. The smallest absolute Gasteiger partial charge is 0.311 e. The molecule has 4 saturated heterocycles. The third-order valence-electron chi connectivity index (χ3n) is 15.7. The van der Waals surface area contributed by atoms with Crippen LogP contribution in [0.1, 0.15) is 112 Å². The van der Waals surface area contributed by atoms with Crippen LogP contribution in [0.25, 0.3) is 0 Å². The molecule has 1 aromatic heterocycles. The molecule has 5 heterocycles. The van der Waals surface area contributed by atoms with Crippen LogP contribution in [0.15, 0.2) is 30.5 Å². The Kier molecular flexibility index (Phi) is 18.4. The van der Waals surface area contributed by atoms with Crippen molar-refractivity contribution in [1.82, 2.24) is 19.9 Å². The number of aromatic nitrogens is 3. The molecule has 0 aliphatic carbocycles. The predicted molar refractivity (Wildman–Crippen MR) is 253 cm³/mol. The van der Waals surface area contributed by atoms with Crippen LogP contribution < -0.4 is 0 Å². The lowest BCUT2D eigenvalue weighted by Gasteiger charge is -2.49. The van der Waals surface area contributed by atoms with Gasteiger partial charge in [0.2, 0.25) is 0 Å². The average molecular weight is 990 g/mol. The van der Waals surface area contributed by atoms with Crippen LogP contribution in [0.3, 0.4) is 0 Å². The second-order valence-electron chi connectivity index (χ2n) is 21.2. The highest BCUT2D eigenvalue weighted by atomic mass is 16.7. The zero-order valence-corrected chi connectivity index (χ0v) is 42.8. The fraction of sp³-hybridized carbons (Fsp3) is 0.800. The first-order valence-electron chi connectivity index (χ1n) is 25.1. The minimum atomic E-state index is -1.99. The monoisotopic (exact) mass is 990 g/mol. The van der Waals surface area contributed by atoms with Crippen molar-refractivity contribution in [3.63, 3.8) is 0 Å². The zero-order valence-electron chi connectivity index (χ0n) is 42.8. The number of nitro groups is 1. The normalized spacial score (nSPS) is 40.0. The maximum absolute atomic E-state index is 14.4. The molecule has 0 saturated carbocycles. The predicted octanol–water partition coefficient (Wildman–Crippen LogP) is 3.94. The third kappa shape index (κ3) is 12.4. The molecule has 0 spiro atoms. The molecule has 20 nitrogen and oxygen atoms in total. The number of hydrogen-bond donors (Lipinski definition) is 4. The number of nitro benzene ring substituents is 1. The number of aliphatic hydroxyl groups is 4. The summed E-state index contributed by atoms with van der Waals surface area (Å²) < 4.78 is 46.7. The number of fused-ring (bicyclic) bond motifs is 2. The van der Waals surface area contributed by atoms with Crippen LogP contribution in [-0.2, 0) is 62.1 Å². The molecule has 0 radical (unpaired) electrons. The van der Waals surface area contributed by atoms with E-state index in [0.717, 1.165) is 30.5 Å². The van der Waals surface area contributed by atoms with Gasteiger partial charge in [0.1, 0.15) is 29.7 Å².